The van der Waals surface area contributed by atoms with Gasteiger partial charge in [0.2, 0.25) is 0 Å². The third kappa shape index (κ3) is 4.31. The summed E-state index contributed by atoms with van der Waals surface area (Å²) in [7, 11) is 1.65. The summed E-state index contributed by atoms with van der Waals surface area (Å²) in [5, 5.41) is 3.37. The van der Waals surface area contributed by atoms with E-state index in [0.29, 0.717) is 0 Å². The smallest absolute Gasteiger partial charge is 0.123 e. The van der Waals surface area contributed by atoms with E-state index in [1.165, 1.54) is 6.07 Å². The maximum absolute atomic E-state index is 13.7. The van der Waals surface area contributed by atoms with Gasteiger partial charge in [-0.2, -0.15) is 0 Å². The Balaban J connectivity index is 0.00000220. The first-order chi connectivity index (χ1) is 9.43. The van der Waals surface area contributed by atoms with Crippen molar-refractivity contribution in [2.24, 2.45) is 5.41 Å². The van der Waals surface area contributed by atoms with Gasteiger partial charge in [-0.1, -0.05) is 20.8 Å². The number of piperazine rings is 1. The van der Waals surface area contributed by atoms with Gasteiger partial charge >= 0.3 is 0 Å². The molecule has 1 fully saturated rings. The van der Waals surface area contributed by atoms with Crippen LogP contribution in [0.2, 0.25) is 0 Å². The van der Waals surface area contributed by atoms with Crippen LogP contribution < -0.4 is 10.1 Å². The Kier molecular flexibility index (Phi) is 6.44. The molecule has 1 aliphatic rings. The molecule has 120 valence electrons. The Bertz CT molecular complexity index is 456. The molecule has 3 nitrogen and oxygen atoms in total. The van der Waals surface area contributed by atoms with Crippen molar-refractivity contribution in [3.8, 4) is 5.75 Å². The lowest BCUT2D eigenvalue weighted by Gasteiger charge is -2.43. The van der Waals surface area contributed by atoms with Crippen LogP contribution in [0.1, 0.15) is 32.4 Å². The summed E-state index contributed by atoms with van der Waals surface area (Å²) in [6.07, 6.45) is 0. The normalized spacial score (nSPS) is 18.0. The standard InChI is InChI=1S/C16H25FN2O.ClH/c1-16(2,3)15(19-9-7-18-8-10-19)13-11-12(17)5-6-14(13)20-4;/h5-6,11,15,18H,7-10H2,1-4H3;1H/t15-;/m0./s1. The van der Waals surface area contributed by atoms with Crippen molar-refractivity contribution < 1.29 is 9.13 Å². The Morgan fingerprint density at radius 1 is 1.24 bits per heavy atom. The van der Waals surface area contributed by atoms with Crippen LogP contribution in [0.5, 0.6) is 5.75 Å². The van der Waals surface area contributed by atoms with E-state index >= 15 is 0 Å². The van der Waals surface area contributed by atoms with Crippen LogP contribution in [0.3, 0.4) is 0 Å². The van der Waals surface area contributed by atoms with E-state index in [2.05, 4.69) is 31.0 Å². The van der Waals surface area contributed by atoms with Crippen molar-refractivity contribution in [3.05, 3.63) is 29.6 Å². The second-order valence-corrected chi connectivity index (χ2v) is 6.44. The highest BCUT2D eigenvalue weighted by atomic mass is 35.5. The number of hydrogen-bond donors (Lipinski definition) is 1. The zero-order valence-corrected chi connectivity index (χ0v) is 14.1. The highest BCUT2D eigenvalue weighted by Gasteiger charge is 2.34. The molecule has 1 aliphatic heterocycles. The lowest BCUT2D eigenvalue weighted by atomic mass is 9.80. The molecule has 0 saturated carbocycles. The van der Waals surface area contributed by atoms with Crippen LogP contribution in [0.4, 0.5) is 4.39 Å². The van der Waals surface area contributed by atoms with E-state index in [0.717, 1.165) is 37.5 Å². The molecule has 1 atom stereocenters. The van der Waals surface area contributed by atoms with E-state index in [1.807, 2.05) is 0 Å². The molecule has 0 aromatic heterocycles. The first-order valence-electron chi connectivity index (χ1n) is 7.21. The summed E-state index contributed by atoms with van der Waals surface area (Å²) in [4.78, 5) is 2.42. The molecule has 0 aliphatic carbocycles. The third-order valence-corrected chi connectivity index (χ3v) is 3.82. The number of benzene rings is 1. The van der Waals surface area contributed by atoms with Gasteiger partial charge in [-0.3, -0.25) is 4.90 Å². The fourth-order valence-electron chi connectivity index (χ4n) is 3.07. The lowest BCUT2D eigenvalue weighted by Crippen LogP contribution is -2.48. The van der Waals surface area contributed by atoms with E-state index < -0.39 is 0 Å². The number of halogens is 2. The fourth-order valence-corrected chi connectivity index (χ4v) is 3.07. The summed E-state index contributed by atoms with van der Waals surface area (Å²) in [5.74, 6) is 0.565. The van der Waals surface area contributed by atoms with Crippen LogP contribution in [0.25, 0.3) is 0 Å². The number of hydrogen-bond acceptors (Lipinski definition) is 3. The molecular weight excluding hydrogens is 291 g/mol. The number of ether oxygens (including phenoxy) is 1. The molecule has 0 radical (unpaired) electrons. The minimum atomic E-state index is -0.204. The topological polar surface area (TPSA) is 24.5 Å². The van der Waals surface area contributed by atoms with Gasteiger partial charge in [0.15, 0.2) is 0 Å². The van der Waals surface area contributed by atoms with Gasteiger partial charge in [0.25, 0.3) is 0 Å². The van der Waals surface area contributed by atoms with Gasteiger partial charge in [-0.25, -0.2) is 4.39 Å². The van der Waals surface area contributed by atoms with Gasteiger partial charge in [0.1, 0.15) is 11.6 Å². The highest BCUT2D eigenvalue weighted by molar-refractivity contribution is 5.85. The van der Waals surface area contributed by atoms with Crippen molar-refractivity contribution in [1.29, 1.82) is 0 Å². The Morgan fingerprint density at radius 2 is 1.86 bits per heavy atom. The molecule has 2 rings (SSSR count). The molecule has 0 unspecified atom stereocenters. The number of methoxy groups -OCH3 is 1. The summed E-state index contributed by atoms with van der Waals surface area (Å²) in [6.45, 7) is 10.5. The zero-order valence-electron chi connectivity index (χ0n) is 13.3. The summed E-state index contributed by atoms with van der Waals surface area (Å²) in [5.41, 5.74) is 0.959. The molecule has 0 amide bonds. The molecule has 1 aromatic rings. The van der Waals surface area contributed by atoms with Crippen molar-refractivity contribution in [1.82, 2.24) is 10.2 Å². The Hall–Kier alpha value is -0.840. The van der Waals surface area contributed by atoms with Crippen molar-refractivity contribution in [2.75, 3.05) is 33.3 Å². The van der Waals surface area contributed by atoms with Gasteiger partial charge in [0, 0.05) is 37.8 Å². The second kappa shape index (κ2) is 7.43. The molecular formula is C16H26ClFN2O. The predicted molar refractivity (Wildman–Crippen MR) is 86.8 cm³/mol. The minimum absolute atomic E-state index is 0. The average molecular weight is 317 g/mol. The number of rotatable bonds is 3. The van der Waals surface area contributed by atoms with Gasteiger partial charge in [0.05, 0.1) is 7.11 Å². The van der Waals surface area contributed by atoms with Crippen molar-refractivity contribution >= 4 is 12.4 Å². The fraction of sp³-hybridized carbons (Fsp3) is 0.625. The molecule has 1 aromatic carbocycles. The SMILES string of the molecule is COc1ccc(F)cc1[C@H](N1CCNCC1)C(C)(C)C.Cl. The van der Waals surface area contributed by atoms with E-state index in [4.69, 9.17) is 4.74 Å². The molecule has 1 N–H and O–H groups in total. The van der Waals surface area contributed by atoms with Gasteiger partial charge < -0.3 is 10.1 Å². The monoisotopic (exact) mass is 316 g/mol. The molecule has 21 heavy (non-hydrogen) atoms. The Morgan fingerprint density at radius 3 is 2.38 bits per heavy atom. The molecule has 1 heterocycles. The van der Waals surface area contributed by atoms with E-state index in [-0.39, 0.29) is 29.7 Å². The molecule has 0 spiro atoms. The first kappa shape index (κ1) is 18.2. The second-order valence-electron chi connectivity index (χ2n) is 6.44. The summed E-state index contributed by atoms with van der Waals surface area (Å²) >= 11 is 0. The highest BCUT2D eigenvalue weighted by Crippen LogP contribution is 2.42. The van der Waals surface area contributed by atoms with Gasteiger partial charge in [-0.05, 0) is 23.6 Å². The average Bonchev–Trinajstić information content (AvgIpc) is 2.39. The van der Waals surface area contributed by atoms with Crippen LogP contribution in [0, 0.1) is 11.2 Å². The zero-order chi connectivity index (χ0) is 14.8. The summed E-state index contributed by atoms with van der Waals surface area (Å²) < 4.78 is 19.2. The largest absolute Gasteiger partial charge is 0.496 e. The first-order valence-corrected chi connectivity index (χ1v) is 7.21. The van der Waals surface area contributed by atoms with Crippen molar-refractivity contribution in [3.63, 3.8) is 0 Å². The van der Waals surface area contributed by atoms with E-state index in [1.54, 1.807) is 19.2 Å². The van der Waals surface area contributed by atoms with Crippen LogP contribution >= 0.6 is 12.4 Å². The lowest BCUT2D eigenvalue weighted by molar-refractivity contribution is 0.0839. The van der Waals surface area contributed by atoms with E-state index in [9.17, 15) is 4.39 Å². The van der Waals surface area contributed by atoms with Gasteiger partial charge in [-0.15, -0.1) is 12.4 Å². The predicted octanol–water partition coefficient (Wildman–Crippen LogP) is 3.25. The van der Waals surface area contributed by atoms with Crippen LogP contribution in [-0.4, -0.2) is 38.2 Å². The molecule has 5 heteroatoms. The van der Waals surface area contributed by atoms with Crippen molar-refractivity contribution in [2.45, 2.75) is 26.8 Å². The quantitative estimate of drug-likeness (QED) is 0.926. The minimum Gasteiger partial charge on any atom is -0.496 e. The Labute approximate surface area is 133 Å². The van der Waals surface area contributed by atoms with Crippen LogP contribution in [-0.2, 0) is 0 Å². The maximum atomic E-state index is 13.7. The molecule has 0 bridgehead atoms. The molecule has 1 saturated heterocycles. The number of nitrogens with zero attached hydrogens (tertiary/aromatic N) is 1. The summed E-state index contributed by atoms with van der Waals surface area (Å²) in [6, 6.07) is 4.96. The maximum Gasteiger partial charge on any atom is 0.123 e. The third-order valence-electron chi connectivity index (χ3n) is 3.82. The van der Waals surface area contributed by atoms with Crippen LogP contribution in [0.15, 0.2) is 18.2 Å². The number of nitrogens with one attached hydrogen (secondary N) is 1.